The maximum Gasteiger partial charge on any atom is 0.0838 e. The van der Waals surface area contributed by atoms with E-state index in [4.69, 9.17) is 4.74 Å². The van der Waals surface area contributed by atoms with Crippen molar-refractivity contribution in [2.75, 3.05) is 6.61 Å². The van der Waals surface area contributed by atoms with Crippen LogP contribution >= 0.6 is 0 Å². The highest BCUT2D eigenvalue weighted by Gasteiger charge is 2.37. The summed E-state index contributed by atoms with van der Waals surface area (Å²) in [5.74, 6) is 3.12. The molecule has 0 N–H and O–H groups in total. The van der Waals surface area contributed by atoms with Crippen LogP contribution in [0, 0.1) is 17.8 Å². The Labute approximate surface area is 93.6 Å². The predicted octanol–water partition coefficient (Wildman–Crippen LogP) is 3.77. The van der Waals surface area contributed by atoms with Gasteiger partial charge in [0.2, 0.25) is 0 Å². The smallest absolute Gasteiger partial charge is 0.0838 e. The van der Waals surface area contributed by atoms with E-state index in [-0.39, 0.29) is 0 Å². The summed E-state index contributed by atoms with van der Waals surface area (Å²) < 4.78 is 5.43. The van der Waals surface area contributed by atoms with E-state index in [2.05, 4.69) is 0 Å². The molecule has 0 spiro atoms. The Hall–Kier alpha value is -0.0400. The second-order valence-electron chi connectivity index (χ2n) is 5.94. The minimum Gasteiger partial charge on any atom is -0.373 e. The van der Waals surface area contributed by atoms with Crippen LogP contribution in [0.15, 0.2) is 0 Å². The van der Waals surface area contributed by atoms with Crippen molar-refractivity contribution in [3.63, 3.8) is 0 Å². The normalized spacial score (nSPS) is 42.8. The van der Waals surface area contributed by atoms with Crippen LogP contribution in [0.5, 0.6) is 0 Å². The maximum atomic E-state index is 5.43. The zero-order chi connectivity index (χ0) is 10.1. The van der Waals surface area contributed by atoms with Gasteiger partial charge in [0, 0.05) is 0 Å². The zero-order valence-electron chi connectivity index (χ0n) is 9.79. The molecule has 1 atom stereocenters. The van der Waals surface area contributed by atoms with Gasteiger partial charge < -0.3 is 4.74 Å². The molecule has 2 saturated carbocycles. The number of rotatable bonds is 2. The largest absolute Gasteiger partial charge is 0.373 e. The Morgan fingerprint density at radius 2 is 1.13 bits per heavy atom. The second kappa shape index (κ2) is 4.45. The average Bonchev–Trinajstić information content (AvgIpc) is 3.15. The second-order valence-corrected chi connectivity index (χ2v) is 5.94. The first-order valence-electron chi connectivity index (χ1n) is 7.05. The molecule has 1 aliphatic heterocycles. The summed E-state index contributed by atoms with van der Waals surface area (Å²) in [7, 11) is 0. The third-order valence-electron chi connectivity index (χ3n) is 5.02. The predicted molar refractivity (Wildman–Crippen MR) is 61.8 cm³/mol. The van der Waals surface area contributed by atoms with Gasteiger partial charge in [0.25, 0.3) is 0 Å². The van der Waals surface area contributed by atoms with Gasteiger partial charge in [-0.05, 0) is 43.4 Å². The van der Waals surface area contributed by atoms with Crippen molar-refractivity contribution in [3.05, 3.63) is 0 Å². The summed E-state index contributed by atoms with van der Waals surface area (Å²) in [5, 5.41) is 0. The van der Waals surface area contributed by atoms with Gasteiger partial charge in [0.1, 0.15) is 0 Å². The van der Waals surface area contributed by atoms with Crippen molar-refractivity contribution in [2.45, 2.75) is 63.9 Å². The molecular formula is C14H24O. The quantitative estimate of drug-likeness (QED) is 0.629. The fraction of sp³-hybridized carbons (Fsp3) is 1.00. The Morgan fingerprint density at radius 3 is 1.73 bits per heavy atom. The molecule has 2 aliphatic carbocycles. The van der Waals surface area contributed by atoms with Crippen LogP contribution in [0.2, 0.25) is 0 Å². The third-order valence-corrected chi connectivity index (χ3v) is 5.02. The molecule has 1 heterocycles. The van der Waals surface area contributed by atoms with Gasteiger partial charge in [-0.2, -0.15) is 0 Å². The van der Waals surface area contributed by atoms with E-state index in [1.165, 1.54) is 57.8 Å². The lowest BCUT2D eigenvalue weighted by atomic mass is 9.70. The van der Waals surface area contributed by atoms with Crippen molar-refractivity contribution < 1.29 is 4.74 Å². The summed E-state index contributed by atoms with van der Waals surface area (Å²) >= 11 is 0. The van der Waals surface area contributed by atoms with Crippen LogP contribution < -0.4 is 0 Å². The van der Waals surface area contributed by atoms with E-state index in [0.29, 0.717) is 6.10 Å². The lowest BCUT2D eigenvalue weighted by Crippen LogP contribution is -2.25. The number of epoxide rings is 1. The molecule has 86 valence electrons. The number of hydrogen-bond donors (Lipinski definition) is 0. The molecule has 0 bridgehead atoms. The van der Waals surface area contributed by atoms with Crippen LogP contribution in [-0.4, -0.2) is 12.7 Å². The van der Waals surface area contributed by atoms with E-state index in [9.17, 15) is 0 Å². The fourth-order valence-corrected chi connectivity index (χ4v) is 3.92. The van der Waals surface area contributed by atoms with Gasteiger partial charge in [-0.15, -0.1) is 0 Å². The van der Waals surface area contributed by atoms with Crippen LogP contribution in [-0.2, 0) is 4.74 Å². The van der Waals surface area contributed by atoms with Crippen molar-refractivity contribution in [1.82, 2.24) is 0 Å². The Morgan fingerprint density at radius 1 is 0.600 bits per heavy atom. The summed E-state index contributed by atoms with van der Waals surface area (Å²) in [6.45, 7) is 1.07. The minimum absolute atomic E-state index is 0.678. The van der Waals surface area contributed by atoms with E-state index in [0.717, 1.165) is 24.4 Å². The van der Waals surface area contributed by atoms with Gasteiger partial charge in [-0.1, -0.05) is 32.1 Å². The monoisotopic (exact) mass is 208 g/mol. The Balaban J connectivity index is 1.47. The highest BCUT2D eigenvalue weighted by atomic mass is 16.6. The summed E-state index contributed by atoms with van der Waals surface area (Å²) in [4.78, 5) is 0. The van der Waals surface area contributed by atoms with Crippen molar-refractivity contribution >= 4 is 0 Å². The first-order chi connectivity index (χ1) is 7.43. The lowest BCUT2D eigenvalue weighted by Gasteiger charge is -2.35. The Kier molecular flexibility index (Phi) is 3.01. The maximum absolute atomic E-state index is 5.43. The SMILES string of the molecule is C1CCC([C@H]2CC[C@@H](C3CO3)CC2)CC1. The minimum atomic E-state index is 0.678. The first-order valence-corrected chi connectivity index (χ1v) is 7.05. The highest BCUT2D eigenvalue weighted by molar-refractivity contribution is 4.86. The molecule has 1 nitrogen and oxygen atoms in total. The molecule has 3 aliphatic rings. The third kappa shape index (κ3) is 2.38. The summed E-state index contributed by atoms with van der Waals surface area (Å²) in [6, 6.07) is 0. The number of ether oxygens (including phenoxy) is 1. The van der Waals surface area contributed by atoms with Crippen LogP contribution in [0.25, 0.3) is 0 Å². The van der Waals surface area contributed by atoms with E-state index in [1.807, 2.05) is 0 Å². The molecule has 0 radical (unpaired) electrons. The number of hydrogen-bond acceptors (Lipinski definition) is 1. The van der Waals surface area contributed by atoms with Gasteiger partial charge in [-0.25, -0.2) is 0 Å². The van der Waals surface area contributed by atoms with E-state index < -0.39 is 0 Å². The average molecular weight is 208 g/mol. The summed E-state index contributed by atoms with van der Waals surface area (Å²) in [5.41, 5.74) is 0. The first kappa shape index (κ1) is 10.1. The van der Waals surface area contributed by atoms with Crippen molar-refractivity contribution in [1.29, 1.82) is 0 Å². The molecule has 0 amide bonds. The summed E-state index contributed by atoms with van der Waals surface area (Å²) in [6.07, 6.45) is 14.2. The van der Waals surface area contributed by atoms with E-state index >= 15 is 0 Å². The molecule has 3 fully saturated rings. The van der Waals surface area contributed by atoms with E-state index in [1.54, 1.807) is 0 Å². The lowest BCUT2D eigenvalue weighted by molar-refractivity contribution is 0.151. The van der Waals surface area contributed by atoms with Gasteiger partial charge in [0.15, 0.2) is 0 Å². The van der Waals surface area contributed by atoms with Gasteiger partial charge in [-0.3, -0.25) is 0 Å². The standard InChI is InChI=1S/C14H24O/c1-2-4-11(5-3-1)12-6-8-13(9-7-12)14-10-15-14/h11-14H,1-10H2/t12-,13+,14?. The van der Waals surface area contributed by atoms with Crippen molar-refractivity contribution in [2.24, 2.45) is 17.8 Å². The molecule has 1 heteroatoms. The molecule has 0 aromatic heterocycles. The van der Waals surface area contributed by atoms with Crippen LogP contribution in [0.1, 0.15) is 57.8 Å². The Bertz CT molecular complexity index is 195. The molecule has 1 unspecified atom stereocenters. The molecule has 1 saturated heterocycles. The van der Waals surface area contributed by atoms with Gasteiger partial charge >= 0.3 is 0 Å². The molecule has 3 rings (SSSR count). The molecule has 0 aromatic rings. The zero-order valence-corrected chi connectivity index (χ0v) is 9.79. The van der Waals surface area contributed by atoms with Crippen molar-refractivity contribution in [3.8, 4) is 0 Å². The van der Waals surface area contributed by atoms with Crippen LogP contribution in [0.3, 0.4) is 0 Å². The van der Waals surface area contributed by atoms with Gasteiger partial charge in [0.05, 0.1) is 12.7 Å². The topological polar surface area (TPSA) is 12.5 Å². The molecular weight excluding hydrogens is 184 g/mol. The highest BCUT2D eigenvalue weighted by Crippen LogP contribution is 2.42. The molecule has 0 aromatic carbocycles. The molecule has 15 heavy (non-hydrogen) atoms. The fourth-order valence-electron chi connectivity index (χ4n) is 3.92. The van der Waals surface area contributed by atoms with Crippen LogP contribution in [0.4, 0.5) is 0 Å².